The van der Waals surface area contributed by atoms with Crippen LogP contribution in [0.5, 0.6) is 5.75 Å². The van der Waals surface area contributed by atoms with E-state index in [1.54, 1.807) is 0 Å². The van der Waals surface area contributed by atoms with Gasteiger partial charge in [-0.2, -0.15) is 0 Å². The molecule has 0 saturated heterocycles. The molecule has 0 unspecified atom stereocenters. The number of amides is 1. The van der Waals surface area contributed by atoms with Crippen molar-refractivity contribution in [2.24, 2.45) is 0 Å². The van der Waals surface area contributed by atoms with Crippen LogP contribution in [0.2, 0.25) is 0 Å². The first kappa shape index (κ1) is 11.3. The summed E-state index contributed by atoms with van der Waals surface area (Å²) in [5, 5.41) is 2.07. The van der Waals surface area contributed by atoms with Crippen LogP contribution in [0.1, 0.15) is 17.5 Å². The van der Waals surface area contributed by atoms with Gasteiger partial charge in [0.15, 0.2) is 0 Å². The lowest BCUT2D eigenvalue weighted by Crippen LogP contribution is -2.19. The molecule has 0 aromatic heterocycles. The highest BCUT2D eigenvalue weighted by atomic mass is 35.5. The molecule has 0 fully saturated rings. The minimum atomic E-state index is -0.499. The van der Waals surface area contributed by atoms with Gasteiger partial charge < -0.3 is 10.1 Å². The number of nitrogens with one attached hydrogen (secondary N) is 1. The maximum atomic E-state index is 10.5. The van der Waals surface area contributed by atoms with Crippen LogP contribution < -0.4 is 10.1 Å². The fourth-order valence-corrected chi connectivity index (χ4v) is 1.97. The number of aryl methyl sites for hydroxylation is 1. The van der Waals surface area contributed by atoms with Crippen molar-refractivity contribution in [3.8, 4) is 5.75 Å². The Kier molecular flexibility index (Phi) is 3.67. The van der Waals surface area contributed by atoms with Crippen molar-refractivity contribution in [1.29, 1.82) is 0 Å². The third-order valence-corrected chi connectivity index (χ3v) is 2.78. The molecule has 1 aliphatic rings. The second kappa shape index (κ2) is 5.21. The predicted molar refractivity (Wildman–Crippen MR) is 63.2 cm³/mol. The van der Waals surface area contributed by atoms with Gasteiger partial charge >= 0.3 is 5.37 Å². The smallest absolute Gasteiger partial charge is 0.313 e. The molecule has 1 heterocycles. The highest BCUT2D eigenvalue weighted by molar-refractivity contribution is 6.62. The van der Waals surface area contributed by atoms with Gasteiger partial charge in [-0.25, -0.2) is 0 Å². The van der Waals surface area contributed by atoms with Gasteiger partial charge in [0.1, 0.15) is 5.75 Å². The molecule has 0 aliphatic carbocycles. The summed E-state index contributed by atoms with van der Waals surface area (Å²) in [6, 6.07) is 6.19. The van der Waals surface area contributed by atoms with E-state index in [-0.39, 0.29) is 0 Å². The van der Waals surface area contributed by atoms with Gasteiger partial charge in [0.2, 0.25) is 0 Å². The molecule has 1 aliphatic heterocycles. The summed E-state index contributed by atoms with van der Waals surface area (Å²) in [5.74, 6) is 0.997. The largest absolute Gasteiger partial charge is 0.493 e. The number of carbonyl (C=O) groups excluding carboxylic acids is 1. The maximum Gasteiger partial charge on any atom is 0.313 e. The van der Waals surface area contributed by atoms with E-state index in [4.69, 9.17) is 16.3 Å². The number of halogens is 1. The minimum Gasteiger partial charge on any atom is -0.493 e. The first-order chi connectivity index (χ1) is 7.75. The van der Waals surface area contributed by atoms with E-state index < -0.39 is 5.37 Å². The van der Waals surface area contributed by atoms with Crippen LogP contribution in [0.3, 0.4) is 0 Å². The van der Waals surface area contributed by atoms with Crippen molar-refractivity contribution < 1.29 is 9.53 Å². The predicted octanol–water partition coefficient (Wildman–Crippen LogP) is 2.50. The molecule has 2 rings (SSSR count). The normalized spacial score (nSPS) is 13.8. The Hall–Kier alpha value is -1.22. The summed E-state index contributed by atoms with van der Waals surface area (Å²) in [4.78, 5) is 10.5. The van der Waals surface area contributed by atoms with E-state index >= 15 is 0 Å². The Morgan fingerprint density at radius 2 is 2.38 bits per heavy atom. The number of carbonyl (C=O) groups is 1. The van der Waals surface area contributed by atoms with Crippen LogP contribution in [0.15, 0.2) is 18.2 Å². The number of hydrogen-bond donors (Lipinski definition) is 1. The van der Waals surface area contributed by atoms with E-state index in [2.05, 4.69) is 11.4 Å². The van der Waals surface area contributed by atoms with Crippen molar-refractivity contribution in [2.75, 3.05) is 13.2 Å². The first-order valence-electron chi connectivity index (χ1n) is 5.43. The second-order valence-electron chi connectivity index (χ2n) is 3.84. The molecule has 0 spiro atoms. The SMILES string of the molecule is O=C(Cl)NCCc1ccc2c(c1)CCCO2. The van der Waals surface area contributed by atoms with E-state index in [0.717, 1.165) is 31.6 Å². The molecule has 1 aromatic carbocycles. The van der Waals surface area contributed by atoms with Crippen LogP contribution in [0.4, 0.5) is 4.79 Å². The van der Waals surface area contributed by atoms with Gasteiger partial charge in [0, 0.05) is 6.54 Å². The second-order valence-corrected chi connectivity index (χ2v) is 4.19. The Morgan fingerprint density at radius 3 is 3.19 bits per heavy atom. The summed E-state index contributed by atoms with van der Waals surface area (Å²) in [7, 11) is 0. The quantitative estimate of drug-likeness (QED) is 0.650. The van der Waals surface area contributed by atoms with Gasteiger partial charge in [0.05, 0.1) is 6.61 Å². The van der Waals surface area contributed by atoms with Gasteiger partial charge in [-0.15, -0.1) is 0 Å². The molecular formula is C12H14ClNO2. The van der Waals surface area contributed by atoms with Crippen LogP contribution in [-0.2, 0) is 12.8 Å². The third kappa shape index (κ3) is 2.89. The standard InChI is InChI=1S/C12H14ClNO2/c13-12(15)14-6-5-9-3-4-11-10(8-9)2-1-7-16-11/h3-4,8H,1-2,5-7H2,(H,14,15). The van der Waals surface area contributed by atoms with Gasteiger partial charge in [-0.1, -0.05) is 12.1 Å². The van der Waals surface area contributed by atoms with E-state index in [1.807, 2.05) is 12.1 Å². The molecule has 1 amide bonds. The topological polar surface area (TPSA) is 38.3 Å². The van der Waals surface area contributed by atoms with Crippen molar-refractivity contribution in [1.82, 2.24) is 5.32 Å². The molecule has 0 atom stereocenters. The monoisotopic (exact) mass is 239 g/mol. The summed E-state index contributed by atoms with van der Waals surface area (Å²) in [6.07, 6.45) is 2.95. The number of benzene rings is 1. The highest BCUT2D eigenvalue weighted by Gasteiger charge is 2.10. The fourth-order valence-electron chi connectivity index (χ4n) is 1.87. The summed E-state index contributed by atoms with van der Waals surface area (Å²) in [5.41, 5.74) is 2.47. The first-order valence-corrected chi connectivity index (χ1v) is 5.81. The molecule has 0 saturated carbocycles. The minimum absolute atomic E-state index is 0.499. The number of rotatable bonds is 3. The summed E-state index contributed by atoms with van der Waals surface area (Å²) < 4.78 is 5.53. The Bertz CT molecular complexity index is 393. The number of fused-ring (bicyclic) bond motifs is 1. The molecule has 0 radical (unpaired) electrons. The van der Waals surface area contributed by atoms with Crippen molar-refractivity contribution >= 4 is 17.0 Å². The Morgan fingerprint density at radius 1 is 1.50 bits per heavy atom. The molecule has 1 N–H and O–H groups in total. The molecule has 16 heavy (non-hydrogen) atoms. The molecular weight excluding hydrogens is 226 g/mol. The zero-order valence-corrected chi connectivity index (χ0v) is 9.72. The van der Waals surface area contributed by atoms with Crippen molar-refractivity contribution in [3.05, 3.63) is 29.3 Å². The molecule has 1 aromatic rings. The molecule has 0 bridgehead atoms. The lowest BCUT2D eigenvalue weighted by Gasteiger charge is -2.17. The number of ether oxygens (including phenoxy) is 1. The average molecular weight is 240 g/mol. The van der Waals surface area contributed by atoms with Gasteiger partial charge in [-0.3, -0.25) is 4.79 Å². The summed E-state index contributed by atoms with van der Waals surface area (Å²) in [6.45, 7) is 1.39. The van der Waals surface area contributed by atoms with E-state index in [0.29, 0.717) is 6.54 Å². The lowest BCUT2D eigenvalue weighted by molar-refractivity contribution is 0.260. The zero-order valence-electron chi connectivity index (χ0n) is 8.96. The van der Waals surface area contributed by atoms with E-state index in [9.17, 15) is 4.79 Å². The summed E-state index contributed by atoms with van der Waals surface area (Å²) >= 11 is 5.19. The third-order valence-electron chi connectivity index (χ3n) is 2.65. The van der Waals surface area contributed by atoms with Gasteiger partial charge in [-0.05, 0) is 48.1 Å². The van der Waals surface area contributed by atoms with Crippen LogP contribution >= 0.6 is 11.6 Å². The van der Waals surface area contributed by atoms with Crippen LogP contribution in [0.25, 0.3) is 0 Å². The van der Waals surface area contributed by atoms with Crippen molar-refractivity contribution in [2.45, 2.75) is 19.3 Å². The van der Waals surface area contributed by atoms with Crippen LogP contribution in [-0.4, -0.2) is 18.5 Å². The maximum absolute atomic E-state index is 10.5. The Labute approximate surface area is 99.7 Å². The lowest BCUT2D eigenvalue weighted by atomic mass is 10.0. The van der Waals surface area contributed by atoms with Gasteiger partial charge in [0.25, 0.3) is 0 Å². The zero-order chi connectivity index (χ0) is 11.4. The van der Waals surface area contributed by atoms with E-state index in [1.165, 1.54) is 11.1 Å². The fraction of sp³-hybridized carbons (Fsp3) is 0.417. The molecule has 86 valence electrons. The molecule has 3 nitrogen and oxygen atoms in total. The highest BCUT2D eigenvalue weighted by Crippen LogP contribution is 2.25. The van der Waals surface area contributed by atoms with Crippen LogP contribution in [0, 0.1) is 0 Å². The Balaban J connectivity index is 1.97. The van der Waals surface area contributed by atoms with Crippen molar-refractivity contribution in [3.63, 3.8) is 0 Å². The number of hydrogen-bond acceptors (Lipinski definition) is 2. The molecule has 4 heteroatoms. The average Bonchev–Trinajstić information content (AvgIpc) is 2.28.